The lowest BCUT2D eigenvalue weighted by molar-refractivity contribution is 0.357. The van der Waals surface area contributed by atoms with Crippen LogP contribution in [0, 0.1) is 0 Å². The van der Waals surface area contributed by atoms with Crippen molar-refractivity contribution in [3.63, 3.8) is 0 Å². The van der Waals surface area contributed by atoms with Crippen LogP contribution in [0.4, 0.5) is 0 Å². The smallest absolute Gasteiger partial charge is 0.245 e. The highest BCUT2D eigenvalue weighted by atomic mass is 32.2. The molecule has 8 heteroatoms. The second-order valence-electron chi connectivity index (χ2n) is 6.70. The van der Waals surface area contributed by atoms with Crippen molar-refractivity contribution in [2.45, 2.75) is 23.7 Å². The molecule has 2 aromatic carbocycles. The lowest BCUT2D eigenvalue weighted by Gasteiger charge is -2.17. The number of hydrogen-bond acceptors (Lipinski definition) is 6. The molecule has 2 aliphatic heterocycles. The highest BCUT2D eigenvalue weighted by Crippen LogP contribution is 2.35. The molecule has 0 aliphatic carbocycles. The van der Waals surface area contributed by atoms with Crippen LogP contribution in [0.25, 0.3) is 11.0 Å². The van der Waals surface area contributed by atoms with Gasteiger partial charge in [-0.05, 0) is 41.7 Å². The van der Waals surface area contributed by atoms with Crippen LogP contribution >= 0.6 is 11.7 Å². The van der Waals surface area contributed by atoms with Crippen molar-refractivity contribution in [3.05, 3.63) is 47.5 Å². The van der Waals surface area contributed by atoms with Crippen molar-refractivity contribution >= 4 is 32.8 Å². The molecule has 1 fully saturated rings. The zero-order valence-corrected chi connectivity index (χ0v) is 15.6. The highest BCUT2D eigenvalue weighted by Gasteiger charge is 2.35. The fourth-order valence-electron chi connectivity index (χ4n) is 3.81. The second-order valence-corrected chi connectivity index (χ2v) is 9.14. The third-order valence-corrected chi connectivity index (χ3v) is 7.64. The molecule has 0 spiro atoms. The van der Waals surface area contributed by atoms with Gasteiger partial charge in [0.15, 0.2) is 0 Å². The Balaban J connectivity index is 1.44. The van der Waals surface area contributed by atoms with Crippen molar-refractivity contribution in [2.24, 2.45) is 0 Å². The van der Waals surface area contributed by atoms with Gasteiger partial charge in [0, 0.05) is 19.5 Å². The van der Waals surface area contributed by atoms with Crippen LogP contribution in [0.2, 0.25) is 0 Å². The highest BCUT2D eigenvalue weighted by molar-refractivity contribution is 7.89. The molecular formula is C18H17N3O3S2. The largest absolute Gasteiger partial charge is 0.493 e. The van der Waals surface area contributed by atoms with Crippen LogP contribution in [-0.2, 0) is 16.4 Å². The summed E-state index contributed by atoms with van der Waals surface area (Å²) in [6.07, 6.45) is 1.75. The monoisotopic (exact) mass is 387 g/mol. The topological polar surface area (TPSA) is 72.4 Å². The molecule has 0 N–H and O–H groups in total. The van der Waals surface area contributed by atoms with Crippen molar-refractivity contribution in [2.75, 3.05) is 19.7 Å². The van der Waals surface area contributed by atoms with E-state index in [0.29, 0.717) is 24.1 Å². The number of sulfonamides is 1. The van der Waals surface area contributed by atoms with E-state index in [1.54, 1.807) is 22.5 Å². The van der Waals surface area contributed by atoms with E-state index in [4.69, 9.17) is 4.74 Å². The minimum absolute atomic E-state index is 0.212. The SMILES string of the molecule is O=S(=O)(c1cccc2nsnc12)N1CCC(c2ccc3c(c2)CCO3)C1. The third-order valence-electron chi connectivity index (χ3n) is 5.20. The molecule has 3 heterocycles. The first-order valence-electron chi connectivity index (χ1n) is 8.60. The summed E-state index contributed by atoms with van der Waals surface area (Å²) < 4.78 is 41.8. The quantitative estimate of drug-likeness (QED) is 0.691. The predicted molar refractivity (Wildman–Crippen MR) is 99.2 cm³/mol. The van der Waals surface area contributed by atoms with E-state index < -0.39 is 10.0 Å². The number of hydrogen-bond donors (Lipinski definition) is 0. The van der Waals surface area contributed by atoms with Crippen LogP contribution < -0.4 is 4.74 Å². The summed E-state index contributed by atoms with van der Waals surface area (Å²) in [4.78, 5) is 0.256. The van der Waals surface area contributed by atoms with Crippen LogP contribution in [0.15, 0.2) is 41.3 Å². The number of fused-ring (bicyclic) bond motifs is 2. The first-order valence-corrected chi connectivity index (χ1v) is 10.8. The maximum Gasteiger partial charge on any atom is 0.245 e. The molecule has 0 radical (unpaired) electrons. The molecule has 0 amide bonds. The molecule has 1 aromatic heterocycles. The van der Waals surface area contributed by atoms with Crippen LogP contribution in [0.1, 0.15) is 23.5 Å². The van der Waals surface area contributed by atoms with Gasteiger partial charge in [-0.2, -0.15) is 13.1 Å². The molecule has 3 aromatic rings. The summed E-state index contributed by atoms with van der Waals surface area (Å²) >= 11 is 1.04. The third kappa shape index (κ3) is 2.52. The van der Waals surface area contributed by atoms with Gasteiger partial charge in [-0.15, -0.1) is 0 Å². The summed E-state index contributed by atoms with van der Waals surface area (Å²) in [6, 6.07) is 11.4. The minimum Gasteiger partial charge on any atom is -0.493 e. The standard InChI is InChI=1S/C18H17N3O3S2/c22-26(23,17-3-1-2-15-18(17)20-25-19-15)21-8-6-14(11-21)12-4-5-16-13(10-12)7-9-24-16/h1-5,10,14H,6-9,11H2. The zero-order valence-electron chi connectivity index (χ0n) is 14.0. The molecule has 26 heavy (non-hydrogen) atoms. The number of rotatable bonds is 3. The van der Waals surface area contributed by atoms with Gasteiger partial charge in [-0.3, -0.25) is 0 Å². The molecule has 1 saturated heterocycles. The lowest BCUT2D eigenvalue weighted by atomic mass is 9.96. The maximum atomic E-state index is 13.2. The van der Waals surface area contributed by atoms with Gasteiger partial charge in [0.1, 0.15) is 21.7 Å². The lowest BCUT2D eigenvalue weighted by Crippen LogP contribution is -2.28. The van der Waals surface area contributed by atoms with E-state index >= 15 is 0 Å². The van der Waals surface area contributed by atoms with Gasteiger partial charge in [0.25, 0.3) is 0 Å². The van der Waals surface area contributed by atoms with Gasteiger partial charge >= 0.3 is 0 Å². The Hall–Kier alpha value is -2.03. The average molecular weight is 387 g/mol. The number of benzene rings is 2. The van der Waals surface area contributed by atoms with E-state index in [-0.39, 0.29) is 10.8 Å². The summed E-state index contributed by atoms with van der Waals surface area (Å²) in [5.41, 5.74) is 3.52. The fourth-order valence-corrected chi connectivity index (χ4v) is 6.06. The Kier molecular flexibility index (Phi) is 3.73. The summed E-state index contributed by atoms with van der Waals surface area (Å²) in [6.45, 7) is 1.75. The Morgan fingerprint density at radius 2 is 2.12 bits per heavy atom. The molecule has 1 atom stereocenters. The molecule has 2 aliphatic rings. The summed E-state index contributed by atoms with van der Waals surface area (Å²) in [7, 11) is -3.57. The number of aromatic nitrogens is 2. The van der Waals surface area contributed by atoms with E-state index in [9.17, 15) is 8.42 Å². The molecule has 0 bridgehead atoms. The van der Waals surface area contributed by atoms with Crippen LogP contribution in [0.3, 0.4) is 0 Å². The Bertz CT molecular complexity index is 1090. The van der Waals surface area contributed by atoms with E-state index in [2.05, 4.69) is 20.9 Å². The van der Waals surface area contributed by atoms with Crippen molar-refractivity contribution in [3.8, 4) is 5.75 Å². The van der Waals surface area contributed by atoms with Gasteiger partial charge in [-0.25, -0.2) is 8.42 Å². The van der Waals surface area contributed by atoms with Crippen LogP contribution in [-0.4, -0.2) is 41.2 Å². The minimum atomic E-state index is -3.57. The number of nitrogens with zero attached hydrogens (tertiary/aromatic N) is 3. The Labute approximate surface area is 155 Å². The normalized spacial score (nSPS) is 20.4. The van der Waals surface area contributed by atoms with E-state index in [1.165, 1.54) is 11.1 Å². The molecule has 5 rings (SSSR count). The van der Waals surface area contributed by atoms with E-state index in [1.807, 2.05) is 6.07 Å². The molecule has 0 saturated carbocycles. The van der Waals surface area contributed by atoms with Gasteiger partial charge in [-0.1, -0.05) is 18.2 Å². The van der Waals surface area contributed by atoms with Crippen LogP contribution in [0.5, 0.6) is 5.75 Å². The molecule has 1 unspecified atom stereocenters. The first-order chi connectivity index (χ1) is 12.6. The second kappa shape index (κ2) is 6.00. The number of ether oxygens (including phenoxy) is 1. The van der Waals surface area contributed by atoms with Crippen molar-refractivity contribution in [1.82, 2.24) is 13.1 Å². The van der Waals surface area contributed by atoms with Crippen molar-refractivity contribution in [1.29, 1.82) is 0 Å². The zero-order chi connectivity index (χ0) is 17.7. The predicted octanol–water partition coefficient (Wildman–Crippen LogP) is 2.80. The Morgan fingerprint density at radius 1 is 1.19 bits per heavy atom. The fraction of sp³-hybridized carbons (Fsp3) is 0.333. The Morgan fingerprint density at radius 3 is 3.04 bits per heavy atom. The maximum absolute atomic E-state index is 13.2. The summed E-state index contributed by atoms with van der Waals surface area (Å²) in [5.74, 6) is 1.17. The molecular weight excluding hydrogens is 370 g/mol. The van der Waals surface area contributed by atoms with Gasteiger partial charge in [0.05, 0.1) is 18.3 Å². The molecule has 6 nitrogen and oxygen atoms in total. The van der Waals surface area contributed by atoms with Crippen molar-refractivity contribution < 1.29 is 13.2 Å². The average Bonchev–Trinajstić information content (AvgIpc) is 3.39. The molecule has 134 valence electrons. The first kappa shape index (κ1) is 16.2. The van der Waals surface area contributed by atoms with Gasteiger partial charge in [0.2, 0.25) is 10.0 Å². The van der Waals surface area contributed by atoms with Gasteiger partial charge < -0.3 is 4.74 Å². The van der Waals surface area contributed by atoms with E-state index in [0.717, 1.165) is 36.9 Å². The summed E-state index contributed by atoms with van der Waals surface area (Å²) in [5, 5.41) is 0.